The molecule has 1 atom stereocenters. The molecule has 2 amide bonds. The quantitative estimate of drug-likeness (QED) is 0.736. The van der Waals surface area contributed by atoms with Crippen LogP contribution in [0.1, 0.15) is 38.7 Å². The molecule has 1 aliphatic rings. The van der Waals surface area contributed by atoms with Crippen LogP contribution in [0.5, 0.6) is 0 Å². The number of halogens is 1. The van der Waals surface area contributed by atoms with Crippen LogP contribution in [0.25, 0.3) is 0 Å². The Morgan fingerprint density at radius 3 is 2.42 bits per heavy atom. The van der Waals surface area contributed by atoms with Gasteiger partial charge in [-0.3, -0.25) is 9.59 Å². The zero-order valence-corrected chi connectivity index (χ0v) is 15.2. The third-order valence-corrected chi connectivity index (χ3v) is 4.46. The lowest BCUT2D eigenvalue weighted by Gasteiger charge is -2.27. The van der Waals surface area contributed by atoms with Crippen LogP contribution in [-0.2, 0) is 16.1 Å². The first-order valence-corrected chi connectivity index (χ1v) is 8.38. The number of amides is 2. The van der Waals surface area contributed by atoms with Crippen molar-refractivity contribution in [1.29, 1.82) is 0 Å². The van der Waals surface area contributed by atoms with Gasteiger partial charge in [0.1, 0.15) is 0 Å². The molecule has 1 unspecified atom stereocenters. The number of benzene rings is 1. The van der Waals surface area contributed by atoms with E-state index in [0.29, 0.717) is 24.8 Å². The van der Waals surface area contributed by atoms with Gasteiger partial charge < -0.3 is 16.0 Å². The first-order chi connectivity index (χ1) is 11.0. The van der Waals surface area contributed by atoms with Gasteiger partial charge in [-0.05, 0) is 55.5 Å². The van der Waals surface area contributed by atoms with E-state index >= 15 is 0 Å². The molecule has 0 aromatic heterocycles. The average Bonchev–Trinajstić information content (AvgIpc) is 2.54. The largest absolute Gasteiger partial charge is 0.352 e. The molecule has 1 aromatic rings. The van der Waals surface area contributed by atoms with Crippen molar-refractivity contribution >= 4 is 29.9 Å². The van der Waals surface area contributed by atoms with Gasteiger partial charge >= 0.3 is 0 Å². The molecular formula is C18H28ClN3O2. The Morgan fingerprint density at radius 1 is 1.21 bits per heavy atom. The van der Waals surface area contributed by atoms with Crippen molar-refractivity contribution in [2.24, 2.45) is 11.8 Å². The summed E-state index contributed by atoms with van der Waals surface area (Å²) in [6.45, 7) is 6.32. The summed E-state index contributed by atoms with van der Waals surface area (Å²) in [7, 11) is 0. The number of carbonyl (C=O) groups is 2. The topological polar surface area (TPSA) is 70.2 Å². The van der Waals surface area contributed by atoms with Crippen LogP contribution in [0, 0.1) is 11.8 Å². The molecule has 0 bridgehead atoms. The van der Waals surface area contributed by atoms with Crippen LogP contribution in [-0.4, -0.2) is 24.9 Å². The smallest absolute Gasteiger partial charge is 0.221 e. The minimum Gasteiger partial charge on any atom is -0.352 e. The maximum absolute atomic E-state index is 12.1. The third kappa shape index (κ3) is 6.89. The van der Waals surface area contributed by atoms with Crippen molar-refractivity contribution in [2.45, 2.75) is 39.7 Å². The second-order valence-electron chi connectivity index (χ2n) is 6.42. The molecule has 5 nitrogen and oxygen atoms in total. The Bertz CT molecular complexity index is 528. The molecule has 0 radical (unpaired) electrons. The van der Waals surface area contributed by atoms with E-state index in [-0.39, 0.29) is 24.2 Å². The summed E-state index contributed by atoms with van der Waals surface area (Å²) in [5.74, 6) is 1.11. The first kappa shape index (κ1) is 20.5. The molecule has 0 saturated carbocycles. The fourth-order valence-electron chi connectivity index (χ4n) is 3.05. The van der Waals surface area contributed by atoms with Crippen molar-refractivity contribution in [3.63, 3.8) is 0 Å². The van der Waals surface area contributed by atoms with Crippen LogP contribution in [0.2, 0.25) is 0 Å². The number of nitrogens with one attached hydrogen (secondary N) is 3. The van der Waals surface area contributed by atoms with E-state index < -0.39 is 0 Å². The summed E-state index contributed by atoms with van der Waals surface area (Å²) < 4.78 is 0. The number of piperidine rings is 1. The molecular weight excluding hydrogens is 326 g/mol. The van der Waals surface area contributed by atoms with Gasteiger partial charge in [-0.15, -0.1) is 12.4 Å². The summed E-state index contributed by atoms with van der Waals surface area (Å²) in [6.07, 6.45) is 2.92. The average molecular weight is 354 g/mol. The number of anilines is 1. The Hall–Kier alpha value is -1.59. The van der Waals surface area contributed by atoms with E-state index in [1.165, 1.54) is 19.8 Å². The van der Waals surface area contributed by atoms with E-state index in [1.54, 1.807) is 0 Å². The van der Waals surface area contributed by atoms with Crippen LogP contribution in [0.15, 0.2) is 24.3 Å². The summed E-state index contributed by atoms with van der Waals surface area (Å²) in [6, 6.07) is 7.53. The van der Waals surface area contributed by atoms with Gasteiger partial charge in [-0.2, -0.15) is 0 Å². The maximum atomic E-state index is 12.1. The molecule has 134 valence electrons. The first-order valence-electron chi connectivity index (χ1n) is 8.38. The molecule has 0 spiro atoms. The van der Waals surface area contributed by atoms with Crippen molar-refractivity contribution in [1.82, 2.24) is 10.6 Å². The Kier molecular flexibility index (Phi) is 8.79. The van der Waals surface area contributed by atoms with E-state index in [2.05, 4.69) is 22.9 Å². The Morgan fingerprint density at radius 2 is 1.83 bits per heavy atom. The highest BCUT2D eigenvalue weighted by molar-refractivity contribution is 5.88. The highest BCUT2D eigenvalue weighted by atomic mass is 35.5. The van der Waals surface area contributed by atoms with Crippen LogP contribution < -0.4 is 16.0 Å². The lowest BCUT2D eigenvalue weighted by molar-refractivity contribution is -0.122. The Labute approximate surface area is 150 Å². The van der Waals surface area contributed by atoms with E-state index in [1.807, 2.05) is 24.3 Å². The van der Waals surface area contributed by atoms with Crippen molar-refractivity contribution in [2.75, 3.05) is 18.4 Å². The molecule has 3 N–H and O–H groups in total. The van der Waals surface area contributed by atoms with E-state index in [9.17, 15) is 9.59 Å². The van der Waals surface area contributed by atoms with Crippen molar-refractivity contribution < 1.29 is 9.59 Å². The number of hydrogen-bond acceptors (Lipinski definition) is 3. The molecule has 1 saturated heterocycles. The van der Waals surface area contributed by atoms with Gasteiger partial charge in [-0.25, -0.2) is 0 Å². The monoisotopic (exact) mass is 353 g/mol. The fraction of sp³-hybridized carbons (Fsp3) is 0.556. The zero-order valence-electron chi connectivity index (χ0n) is 14.4. The molecule has 0 aliphatic carbocycles. The SMILES string of the molecule is CC(=O)Nc1ccc(CNC(=O)CC(C)C2CCNCC2)cc1.Cl. The van der Waals surface area contributed by atoms with E-state index in [4.69, 9.17) is 0 Å². The predicted molar refractivity (Wildman–Crippen MR) is 99.2 cm³/mol. The lowest BCUT2D eigenvalue weighted by Crippen LogP contribution is -2.33. The molecule has 24 heavy (non-hydrogen) atoms. The Balaban J connectivity index is 0.00000288. The molecule has 1 aliphatic heterocycles. The lowest BCUT2D eigenvalue weighted by atomic mass is 9.84. The van der Waals surface area contributed by atoms with Crippen molar-refractivity contribution in [3.8, 4) is 0 Å². The summed E-state index contributed by atoms with van der Waals surface area (Å²) in [5, 5.41) is 9.07. The highest BCUT2D eigenvalue weighted by Gasteiger charge is 2.21. The second kappa shape index (κ2) is 10.3. The highest BCUT2D eigenvalue weighted by Crippen LogP contribution is 2.24. The molecule has 6 heteroatoms. The molecule has 1 heterocycles. The zero-order chi connectivity index (χ0) is 16.7. The van der Waals surface area contributed by atoms with Gasteiger partial charge in [0, 0.05) is 25.6 Å². The second-order valence-corrected chi connectivity index (χ2v) is 6.42. The predicted octanol–water partition coefficient (Wildman–Crippen LogP) is 2.71. The summed E-state index contributed by atoms with van der Waals surface area (Å²) >= 11 is 0. The minimum atomic E-state index is -0.0852. The number of rotatable bonds is 6. The normalized spacial score (nSPS) is 15.9. The third-order valence-electron chi connectivity index (χ3n) is 4.46. The van der Waals surface area contributed by atoms with Gasteiger partial charge in [0.25, 0.3) is 0 Å². The van der Waals surface area contributed by atoms with Gasteiger partial charge in [-0.1, -0.05) is 19.1 Å². The van der Waals surface area contributed by atoms with Crippen molar-refractivity contribution in [3.05, 3.63) is 29.8 Å². The van der Waals surface area contributed by atoms with Gasteiger partial charge in [0.05, 0.1) is 0 Å². The van der Waals surface area contributed by atoms with Crippen LogP contribution in [0.3, 0.4) is 0 Å². The van der Waals surface area contributed by atoms with Crippen LogP contribution in [0.4, 0.5) is 5.69 Å². The number of carbonyl (C=O) groups excluding carboxylic acids is 2. The van der Waals surface area contributed by atoms with E-state index in [0.717, 1.165) is 24.3 Å². The van der Waals surface area contributed by atoms with Gasteiger partial charge in [0.2, 0.25) is 11.8 Å². The minimum absolute atomic E-state index is 0. The standard InChI is InChI=1S/C18H27N3O2.ClH/c1-13(16-7-9-19-10-8-16)11-18(23)20-12-15-3-5-17(6-4-15)21-14(2)22;/h3-6,13,16,19H,7-12H2,1-2H3,(H,20,23)(H,21,22);1H. The van der Waals surface area contributed by atoms with Gasteiger partial charge in [0.15, 0.2) is 0 Å². The fourth-order valence-corrected chi connectivity index (χ4v) is 3.05. The molecule has 2 rings (SSSR count). The number of hydrogen-bond donors (Lipinski definition) is 3. The van der Waals surface area contributed by atoms with Crippen LogP contribution >= 0.6 is 12.4 Å². The maximum Gasteiger partial charge on any atom is 0.221 e. The molecule has 1 fully saturated rings. The summed E-state index contributed by atoms with van der Waals surface area (Å²) in [5.41, 5.74) is 1.80. The summed E-state index contributed by atoms with van der Waals surface area (Å²) in [4.78, 5) is 23.1. The molecule has 1 aromatic carbocycles.